The molecule has 0 amide bonds. The number of carbonyl (C=O) groups excluding carboxylic acids is 1. The van der Waals surface area contributed by atoms with Crippen molar-refractivity contribution in [3.63, 3.8) is 0 Å². The lowest BCUT2D eigenvalue weighted by molar-refractivity contribution is -0.114. The third kappa shape index (κ3) is 5.21. The van der Waals surface area contributed by atoms with Gasteiger partial charge in [-0.15, -0.1) is 0 Å². The summed E-state index contributed by atoms with van der Waals surface area (Å²) < 4.78 is 5.11. The summed E-state index contributed by atoms with van der Waals surface area (Å²) in [6.45, 7) is 0. The van der Waals surface area contributed by atoms with E-state index in [0.29, 0.717) is 23.8 Å². The zero-order valence-electron chi connectivity index (χ0n) is 13.4. The van der Waals surface area contributed by atoms with Crippen LogP contribution in [0.15, 0.2) is 30.4 Å². The number of hydrogen-bond donors (Lipinski definition) is 1. The average Bonchev–Trinajstić information content (AvgIpc) is 2.53. The van der Waals surface area contributed by atoms with Crippen molar-refractivity contribution in [2.45, 2.75) is 51.4 Å². The van der Waals surface area contributed by atoms with Gasteiger partial charge in [0.05, 0.1) is 7.11 Å². The zero-order valence-corrected chi connectivity index (χ0v) is 13.4. The van der Waals surface area contributed by atoms with E-state index in [-0.39, 0.29) is 5.78 Å². The number of benzene rings is 1. The predicted molar refractivity (Wildman–Crippen MR) is 88.3 cm³/mol. The maximum Gasteiger partial charge on any atom is 0.155 e. The molecule has 1 atom stereocenters. The lowest BCUT2D eigenvalue weighted by atomic mass is 9.89. The van der Waals surface area contributed by atoms with E-state index in [2.05, 4.69) is 0 Å². The van der Waals surface area contributed by atoms with Gasteiger partial charge in [0.2, 0.25) is 0 Å². The monoisotopic (exact) mass is 302 g/mol. The number of ketones is 1. The number of hydrogen-bond acceptors (Lipinski definition) is 3. The van der Waals surface area contributed by atoms with Crippen LogP contribution in [-0.2, 0) is 11.2 Å². The summed E-state index contributed by atoms with van der Waals surface area (Å²) in [7, 11) is 1.60. The molecular weight excluding hydrogens is 276 g/mol. The smallest absolute Gasteiger partial charge is 0.155 e. The fourth-order valence-corrected chi connectivity index (χ4v) is 3.04. The molecule has 0 saturated heterocycles. The highest BCUT2D eigenvalue weighted by molar-refractivity contribution is 5.89. The fraction of sp³-hybridized carbons (Fsp3) is 0.526. The van der Waals surface area contributed by atoms with E-state index < -0.39 is 0 Å². The second-order valence-corrected chi connectivity index (χ2v) is 6.09. The minimum Gasteiger partial charge on any atom is -0.508 e. The SMILES string of the molecule is COc1ccc(CCC2CC/C=C\C(=O)CCCC2)c(O)c1. The highest BCUT2D eigenvalue weighted by atomic mass is 16.5. The Hall–Kier alpha value is -1.77. The Labute approximate surface area is 133 Å². The van der Waals surface area contributed by atoms with E-state index in [1.54, 1.807) is 19.3 Å². The second kappa shape index (κ2) is 8.62. The first-order valence-corrected chi connectivity index (χ1v) is 8.24. The van der Waals surface area contributed by atoms with Gasteiger partial charge in [0.25, 0.3) is 0 Å². The van der Waals surface area contributed by atoms with Gasteiger partial charge in [-0.05, 0) is 55.7 Å². The van der Waals surface area contributed by atoms with Crippen molar-refractivity contribution in [2.75, 3.05) is 7.11 Å². The van der Waals surface area contributed by atoms with Crippen molar-refractivity contribution in [1.29, 1.82) is 0 Å². The van der Waals surface area contributed by atoms with Crippen molar-refractivity contribution in [3.8, 4) is 11.5 Å². The molecule has 1 unspecified atom stereocenters. The van der Waals surface area contributed by atoms with Gasteiger partial charge in [-0.25, -0.2) is 0 Å². The average molecular weight is 302 g/mol. The van der Waals surface area contributed by atoms with Crippen LogP contribution in [0.2, 0.25) is 0 Å². The molecule has 0 bridgehead atoms. The minimum atomic E-state index is 0.265. The minimum absolute atomic E-state index is 0.265. The van der Waals surface area contributed by atoms with E-state index in [1.807, 2.05) is 18.2 Å². The molecule has 3 nitrogen and oxygen atoms in total. The van der Waals surface area contributed by atoms with Crippen LogP contribution in [0.5, 0.6) is 11.5 Å². The lowest BCUT2D eigenvalue weighted by Gasteiger charge is -2.17. The van der Waals surface area contributed by atoms with Crippen molar-refractivity contribution < 1.29 is 14.6 Å². The van der Waals surface area contributed by atoms with Crippen LogP contribution in [0.4, 0.5) is 0 Å². The van der Waals surface area contributed by atoms with Gasteiger partial charge >= 0.3 is 0 Å². The number of phenolic OH excluding ortho intramolecular Hbond substituents is 1. The molecule has 0 spiro atoms. The van der Waals surface area contributed by atoms with Gasteiger partial charge < -0.3 is 9.84 Å². The van der Waals surface area contributed by atoms with Crippen molar-refractivity contribution in [2.24, 2.45) is 5.92 Å². The molecule has 3 heteroatoms. The number of carbonyl (C=O) groups is 1. The van der Waals surface area contributed by atoms with Crippen molar-refractivity contribution >= 4 is 5.78 Å². The van der Waals surface area contributed by atoms with Crippen molar-refractivity contribution in [1.82, 2.24) is 0 Å². The van der Waals surface area contributed by atoms with Crippen LogP contribution in [0.25, 0.3) is 0 Å². The van der Waals surface area contributed by atoms with Crippen LogP contribution in [0.1, 0.15) is 50.5 Å². The number of aromatic hydroxyl groups is 1. The van der Waals surface area contributed by atoms with Crippen LogP contribution >= 0.6 is 0 Å². The predicted octanol–water partition coefficient (Wildman–Crippen LogP) is 4.43. The Morgan fingerprint density at radius 2 is 2.14 bits per heavy atom. The number of phenols is 1. The van der Waals surface area contributed by atoms with E-state index in [4.69, 9.17) is 4.74 Å². The molecular formula is C19H26O3. The van der Waals surface area contributed by atoms with Gasteiger partial charge in [0.15, 0.2) is 5.78 Å². The summed E-state index contributed by atoms with van der Waals surface area (Å²) in [5, 5.41) is 10.0. The van der Waals surface area contributed by atoms with Gasteiger partial charge in [-0.3, -0.25) is 4.79 Å². The third-order valence-corrected chi connectivity index (χ3v) is 4.45. The fourth-order valence-electron chi connectivity index (χ4n) is 3.04. The highest BCUT2D eigenvalue weighted by Gasteiger charge is 2.12. The summed E-state index contributed by atoms with van der Waals surface area (Å²) >= 11 is 0. The quantitative estimate of drug-likeness (QED) is 0.895. The van der Waals surface area contributed by atoms with Crippen molar-refractivity contribution in [3.05, 3.63) is 35.9 Å². The first-order chi connectivity index (χ1) is 10.7. The summed E-state index contributed by atoms with van der Waals surface area (Å²) in [6, 6.07) is 5.53. The highest BCUT2D eigenvalue weighted by Crippen LogP contribution is 2.28. The molecule has 0 aromatic heterocycles. The molecule has 1 aromatic rings. The van der Waals surface area contributed by atoms with Crippen LogP contribution < -0.4 is 4.74 Å². The topological polar surface area (TPSA) is 46.5 Å². The van der Waals surface area contributed by atoms with Gasteiger partial charge in [-0.2, -0.15) is 0 Å². The normalized spacial score (nSPS) is 21.3. The van der Waals surface area contributed by atoms with Gasteiger partial charge in [0.1, 0.15) is 11.5 Å². The second-order valence-electron chi connectivity index (χ2n) is 6.09. The molecule has 0 radical (unpaired) electrons. The Bertz CT molecular complexity index is 519. The number of allylic oxidation sites excluding steroid dienone is 2. The summed E-state index contributed by atoms with van der Waals surface area (Å²) in [6.07, 6.45) is 11.8. The van der Waals surface area contributed by atoms with Crippen LogP contribution in [0.3, 0.4) is 0 Å². The molecule has 0 aliphatic heterocycles. The number of aryl methyl sites for hydroxylation is 1. The Morgan fingerprint density at radius 1 is 1.27 bits per heavy atom. The molecule has 0 saturated carbocycles. The van der Waals surface area contributed by atoms with E-state index in [1.165, 1.54) is 6.42 Å². The molecule has 22 heavy (non-hydrogen) atoms. The Balaban J connectivity index is 1.89. The molecule has 1 N–H and O–H groups in total. The summed E-state index contributed by atoms with van der Waals surface area (Å²) in [5.41, 5.74) is 0.989. The van der Waals surface area contributed by atoms with Gasteiger partial charge in [0, 0.05) is 12.5 Å². The number of rotatable bonds is 4. The standard InChI is InChI=1S/C19H26O3/c1-22-18-13-12-16(19(21)14-18)11-10-15-6-2-4-8-17(20)9-5-3-7-15/h4,8,12-15,21H,2-3,5-7,9-11H2,1H3/b8-4-. The third-order valence-electron chi connectivity index (χ3n) is 4.45. The Morgan fingerprint density at radius 3 is 2.91 bits per heavy atom. The van der Waals surface area contributed by atoms with E-state index in [0.717, 1.165) is 44.1 Å². The molecule has 0 heterocycles. The first kappa shape index (κ1) is 16.6. The summed E-state index contributed by atoms with van der Waals surface area (Å²) in [5.74, 6) is 1.94. The molecule has 1 aromatic carbocycles. The molecule has 120 valence electrons. The molecule has 0 fully saturated rings. The first-order valence-electron chi connectivity index (χ1n) is 8.24. The zero-order chi connectivity index (χ0) is 15.8. The van der Waals surface area contributed by atoms with E-state index in [9.17, 15) is 9.90 Å². The number of methoxy groups -OCH3 is 1. The van der Waals surface area contributed by atoms with Gasteiger partial charge in [-0.1, -0.05) is 25.0 Å². The maximum absolute atomic E-state index is 11.5. The largest absolute Gasteiger partial charge is 0.508 e. The molecule has 2 rings (SSSR count). The maximum atomic E-state index is 11.5. The number of ether oxygens (including phenoxy) is 1. The molecule has 1 aliphatic rings. The lowest BCUT2D eigenvalue weighted by Crippen LogP contribution is -2.05. The van der Waals surface area contributed by atoms with Crippen LogP contribution in [0, 0.1) is 5.92 Å². The summed E-state index contributed by atoms with van der Waals surface area (Å²) in [4.78, 5) is 11.5. The molecule has 1 aliphatic carbocycles. The van der Waals surface area contributed by atoms with E-state index >= 15 is 0 Å². The van der Waals surface area contributed by atoms with Crippen LogP contribution in [-0.4, -0.2) is 18.0 Å². The Kier molecular flexibility index (Phi) is 6.50.